The van der Waals surface area contributed by atoms with Crippen LogP contribution in [0.1, 0.15) is 35.1 Å². The van der Waals surface area contributed by atoms with Gasteiger partial charge in [-0.1, -0.05) is 11.6 Å². The number of ether oxygens (including phenoxy) is 1. The van der Waals surface area contributed by atoms with E-state index in [2.05, 4.69) is 9.72 Å². The fraction of sp³-hybridized carbons (Fsp3) is 0.400. The van der Waals surface area contributed by atoms with Crippen LogP contribution >= 0.6 is 11.6 Å². The Morgan fingerprint density at radius 2 is 2.05 bits per heavy atom. The number of esters is 1. The highest BCUT2D eigenvalue weighted by Gasteiger charge is 2.39. The second-order valence-electron chi connectivity index (χ2n) is 3.28. The number of carbonyl (C=O) groups is 1. The summed E-state index contributed by atoms with van der Waals surface area (Å²) in [5, 5.41) is -0.623. The third-order valence-corrected chi connectivity index (χ3v) is 2.27. The van der Waals surface area contributed by atoms with E-state index < -0.39 is 40.5 Å². The van der Waals surface area contributed by atoms with E-state index in [1.807, 2.05) is 0 Å². The molecule has 0 aliphatic carbocycles. The summed E-state index contributed by atoms with van der Waals surface area (Å²) < 4.78 is 67.2. The normalized spacial score (nSPS) is 11.8. The SMILES string of the molecule is CCOC(=O)c1nc(C(F)(F)F)c(C(F)F)cc1Cl. The van der Waals surface area contributed by atoms with Crippen LogP contribution in [0.4, 0.5) is 22.0 Å². The monoisotopic (exact) mass is 303 g/mol. The zero-order chi connectivity index (χ0) is 14.8. The Hall–Kier alpha value is -1.44. The average molecular weight is 304 g/mol. The fourth-order valence-electron chi connectivity index (χ4n) is 1.24. The summed E-state index contributed by atoms with van der Waals surface area (Å²) in [6.07, 6.45) is -8.55. The molecule has 0 aliphatic rings. The van der Waals surface area contributed by atoms with Crippen molar-refractivity contribution in [3.05, 3.63) is 28.0 Å². The van der Waals surface area contributed by atoms with Gasteiger partial charge in [0, 0.05) is 0 Å². The molecule has 106 valence electrons. The Morgan fingerprint density at radius 1 is 1.47 bits per heavy atom. The average Bonchev–Trinajstić information content (AvgIpc) is 2.26. The zero-order valence-electron chi connectivity index (χ0n) is 9.39. The van der Waals surface area contributed by atoms with Gasteiger partial charge in [0.25, 0.3) is 6.43 Å². The van der Waals surface area contributed by atoms with E-state index in [1.165, 1.54) is 6.92 Å². The van der Waals surface area contributed by atoms with Gasteiger partial charge in [-0.25, -0.2) is 18.6 Å². The number of alkyl halides is 5. The van der Waals surface area contributed by atoms with E-state index in [-0.39, 0.29) is 6.61 Å². The molecule has 0 radical (unpaired) electrons. The van der Waals surface area contributed by atoms with Crippen molar-refractivity contribution in [2.75, 3.05) is 6.61 Å². The van der Waals surface area contributed by atoms with Crippen LogP contribution in [0.25, 0.3) is 0 Å². The molecule has 0 saturated carbocycles. The van der Waals surface area contributed by atoms with Gasteiger partial charge in [0.05, 0.1) is 17.2 Å². The summed E-state index contributed by atoms with van der Waals surface area (Å²) in [6, 6.07) is 0.369. The highest BCUT2D eigenvalue weighted by molar-refractivity contribution is 6.33. The van der Waals surface area contributed by atoms with Crippen LogP contribution in [0.15, 0.2) is 6.07 Å². The highest BCUT2D eigenvalue weighted by Crippen LogP contribution is 2.37. The van der Waals surface area contributed by atoms with E-state index in [4.69, 9.17) is 11.6 Å². The lowest BCUT2D eigenvalue weighted by atomic mass is 10.1. The maximum absolute atomic E-state index is 12.6. The summed E-state index contributed by atoms with van der Waals surface area (Å²) in [4.78, 5) is 14.2. The lowest BCUT2D eigenvalue weighted by Crippen LogP contribution is -2.17. The molecule has 0 saturated heterocycles. The van der Waals surface area contributed by atoms with Crippen molar-refractivity contribution in [1.82, 2.24) is 4.98 Å². The molecule has 0 N–H and O–H groups in total. The number of hydrogen-bond acceptors (Lipinski definition) is 3. The molecular weight excluding hydrogens is 297 g/mol. The van der Waals surface area contributed by atoms with Crippen molar-refractivity contribution in [3.63, 3.8) is 0 Å². The molecule has 0 unspecified atom stereocenters. The molecule has 0 aliphatic heterocycles. The summed E-state index contributed by atoms with van der Waals surface area (Å²) in [6.45, 7) is 1.30. The number of halogens is 6. The first-order valence-electron chi connectivity index (χ1n) is 4.91. The van der Waals surface area contributed by atoms with Crippen LogP contribution in [0.3, 0.4) is 0 Å². The lowest BCUT2D eigenvalue weighted by Gasteiger charge is -2.13. The molecule has 1 heterocycles. The summed E-state index contributed by atoms with van der Waals surface area (Å²) in [5.74, 6) is -1.21. The van der Waals surface area contributed by atoms with E-state index in [0.717, 1.165) is 0 Å². The Labute approximate surface area is 109 Å². The molecule has 0 amide bonds. The molecule has 0 aromatic carbocycles. The predicted molar refractivity (Wildman–Crippen MR) is 55.2 cm³/mol. The zero-order valence-corrected chi connectivity index (χ0v) is 10.1. The smallest absolute Gasteiger partial charge is 0.433 e. The van der Waals surface area contributed by atoms with E-state index >= 15 is 0 Å². The quantitative estimate of drug-likeness (QED) is 0.628. The molecule has 3 nitrogen and oxygen atoms in total. The van der Waals surface area contributed by atoms with Gasteiger partial charge in [-0.3, -0.25) is 0 Å². The molecule has 0 spiro atoms. The van der Waals surface area contributed by atoms with Crippen LogP contribution in [-0.2, 0) is 10.9 Å². The van der Waals surface area contributed by atoms with Gasteiger partial charge in [-0.05, 0) is 13.0 Å². The molecule has 9 heteroatoms. The van der Waals surface area contributed by atoms with Gasteiger partial charge < -0.3 is 4.74 Å². The standard InChI is InChI=1S/C10H7ClF5NO2/c1-2-19-9(18)6-5(11)3-4(8(12)13)7(17-6)10(14,15)16/h3,8H,2H2,1H3. The number of carbonyl (C=O) groups excluding carboxylic acids is 1. The molecule has 19 heavy (non-hydrogen) atoms. The minimum atomic E-state index is -5.13. The fourth-order valence-corrected chi connectivity index (χ4v) is 1.48. The van der Waals surface area contributed by atoms with E-state index in [1.54, 1.807) is 0 Å². The summed E-state index contributed by atoms with van der Waals surface area (Å²) >= 11 is 5.46. The van der Waals surface area contributed by atoms with E-state index in [0.29, 0.717) is 6.07 Å². The number of pyridine rings is 1. The molecule has 1 aromatic rings. The van der Waals surface area contributed by atoms with Crippen molar-refractivity contribution in [2.45, 2.75) is 19.5 Å². The van der Waals surface area contributed by atoms with Gasteiger partial charge in [0.15, 0.2) is 11.4 Å². The molecule has 0 atom stereocenters. The maximum Gasteiger partial charge on any atom is 0.433 e. The molecular formula is C10H7ClF5NO2. The van der Waals surface area contributed by atoms with Gasteiger partial charge in [0.2, 0.25) is 0 Å². The maximum atomic E-state index is 12.6. The van der Waals surface area contributed by atoms with Gasteiger partial charge in [-0.2, -0.15) is 13.2 Å². The van der Waals surface area contributed by atoms with Crippen LogP contribution in [-0.4, -0.2) is 17.6 Å². The molecule has 1 aromatic heterocycles. The Morgan fingerprint density at radius 3 is 2.47 bits per heavy atom. The van der Waals surface area contributed by atoms with Crippen molar-refractivity contribution in [3.8, 4) is 0 Å². The number of nitrogens with zero attached hydrogens (tertiary/aromatic N) is 1. The number of rotatable bonds is 3. The first kappa shape index (κ1) is 15.6. The third kappa shape index (κ3) is 3.52. The van der Waals surface area contributed by atoms with Crippen molar-refractivity contribution in [2.24, 2.45) is 0 Å². The Balaban J connectivity index is 3.43. The third-order valence-electron chi connectivity index (χ3n) is 1.98. The Kier molecular flexibility index (Phi) is 4.67. The van der Waals surface area contributed by atoms with Crippen LogP contribution in [0.2, 0.25) is 5.02 Å². The van der Waals surface area contributed by atoms with Crippen LogP contribution in [0, 0.1) is 0 Å². The number of aromatic nitrogens is 1. The summed E-state index contributed by atoms with van der Waals surface area (Å²) in [7, 11) is 0. The van der Waals surface area contributed by atoms with Crippen LogP contribution < -0.4 is 0 Å². The Bertz CT molecular complexity index is 490. The molecule has 0 fully saturated rings. The molecule has 0 bridgehead atoms. The predicted octanol–water partition coefficient (Wildman–Crippen LogP) is 3.87. The van der Waals surface area contributed by atoms with Gasteiger partial charge >= 0.3 is 12.1 Å². The first-order chi connectivity index (χ1) is 8.68. The minimum Gasteiger partial charge on any atom is -0.461 e. The van der Waals surface area contributed by atoms with Crippen molar-refractivity contribution in [1.29, 1.82) is 0 Å². The molecule has 1 rings (SSSR count). The minimum absolute atomic E-state index is 0.116. The second kappa shape index (κ2) is 5.68. The van der Waals surface area contributed by atoms with Gasteiger partial charge in [-0.15, -0.1) is 0 Å². The van der Waals surface area contributed by atoms with Crippen molar-refractivity contribution < 1.29 is 31.5 Å². The second-order valence-corrected chi connectivity index (χ2v) is 3.68. The largest absolute Gasteiger partial charge is 0.461 e. The van der Waals surface area contributed by atoms with Crippen LogP contribution in [0.5, 0.6) is 0 Å². The number of hydrogen-bond donors (Lipinski definition) is 0. The topological polar surface area (TPSA) is 39.2 Å². The first-order valence-corrected chi connectivity index (χ1v) is 5.29. The van der Waals surface area contributed by atoms with Crippen molar-refractivity contribution >= 4 is 17.6 Å². The van der Waals surface area contributed by atoms with Gasteiger partial charge in [0.1, 0.15) is 0 Å². The summed E-state index contributed by atoms with van der Waals surface area (Å²) in [5.41, 5.74) is -4.08. The van der Waals surface area contributed by atoms with E-state index in [9.17, 15) is 26.7 Å². The highest BCUT2D eigenvalue weighted by atomic mass is 35.5. The lowest BCUT2D eigenvalue weighted by molar-refractivity contribution is -0.143.